The van der Waals surface area contributed by atoms with Gasteiger partial charge in [0.1, 0.15) is 12.2 Å². The molecule has 4 aromatic rings. The molecular weight excluding hydrogens is 356 g/mol. The van der Waals surface area contributed by atoms with Crippen LogP contribution in [0.4, 0.5) is 5.69 Å². The number of hydrogen-bond donors (Lipinski definition) is 1. The molecule has 0 bridgehead atoms. The quantitative estimate of drug-likeness (QED) is 0.576. The number of hydrogen-bond acceptors (Lipinski definition) is 6. The van der Waals surface area contributed by atoms with E-state index in [1.807, 2.05) is 32.0 Å². The lowest BCUT2D eigenvalue weighted by atomic mass is 10.1. The van der Waals surface area contributed by atoms with Gasteiger partial charge in [-0.3, -0.25) is 9.78 Å². The number of pyridine rings is 1. The Morgan fingerprint density at radius 1 is 1.21 bits per heavy atom. The Kier molecular flexibility index (Phi) is 4.67. The zero-order chi connectivity index (χ0) is 19.5. The summed E-state index contributed by atoms with van der Waals surface area (Å²) in [4.78, 5) is 25.0. The molecule has 0 atom stereocenters. The molecule has 28 heavy (non-hydrogen) atoms. The van der Waals surface area contributed by atoms with Crippen LogP contribution in [0.3, 0.4) is 0 Å². The van der Waals surface area contributed by atoms with Crippen LogP contribution in [0.1, 0.15) is 11.1 Å². The Morgan fingerprint density at radius 2 is 2.04 bits per heavy atom. The van der Waals surface area contributed by atoms with Crippen molar-refractivity contribution in [1.82, 2.24) is 24.7 Å². The maximum absolute atomic E-state index is 12.3. The fraction of sp³-hybridized carbons (Fsp3) is 0.150. The molecule has 4 rings (SSSR count). The van der Waals surface area contributed by atoms with E-state index in [1.54, 1.807) is 35.6 Å². The van der Waals surface area contributed by atoms with Gasteiger partial charge in [-0.05, 0) is 49.2 Å². The number of imidazole rings is 1. The van der Waals surface area contributed by atoms with Crippen LogP contribution in [0.2, 0.25) is 0 Å². The second-order valence-corrected chi connectivity index (χ2v) is 6.52. The highest BCUT2D eigenvalue weighted by Gasteiger charge is 2.14. The molecule has 0 aliphatic carbocycles. The highest BCUT2D eigenvalue weighted by atomic mass is 16.5. The fourth-order valence-electron chi connectivity index (χ4n) is 2.91. The van der Waals surface area contributed by atoms with Gasteiger partial charge in [0.25, 0.3) is 5.89 Å². The van der Waals surface area contributed by atoms with Gasteiger partial charge < -0.3 is 14.4 Å². The molecule has 3 aromatic heterocycles. The fourth-order valence-corrected chi connectivity index (χ4v) is 2.91. The minimum absolute atomic E-state index is 0.132. The standard InChI is InChI=1S/C20H18N6O2/c1-13-6-14(2)8-16(7-13)23-18(27)11-26-10-17(22-12-26)19-24-20(28-25-19)15-4-3-5-21-9-15/h3-10,12H,11H2,1-2H3,(H,23,27). The van der Waals surface area contributed by atoms with Crippen LogP contribution in [0, 0.1) is 13.8 Å². The number of rotatable bonds is 5. The number of carbonyl (C=O) groups is 1. The van der Waals surface area contributed by atoms with Gasteiger partial charge in [0.2, 0.25) is 11.7 Å². The Bertz CT molecular complexity index is 1100. The maximum Gasteiger partial charge on any atom is 0.259 e. The molecule has 1 amide bonds. The summed E-state index contributed by atoms with van der Waals surface area (Å²) in [5.41, 5.74) is 4.23. The second kappa shape index (κ2) is 7.43. The molecule has 0 fully saturated rings. The monoisotopic (exact) mass is 374 g/mol. The van der Waals surface area contributed by atoms with Gasteiger partial charge in [-0.1, -0.05) is 11.2 Å². The summed E-state index contributed by atoms with van der Waals surface area (Å²) in [5, 5.41) is 6.85. The number of aromatic nitrogens is 5. The third-order valence-corrected chi connectivity index (χ3v) is 4.03. The predicted octanol–water partition coefficient (Wildman–Crippen LogP) is 3.25. The summed E-state index contributed by atoms with van der Waals surface area (Å²) in [6.45, 7) is 4.12. The first-order chi connectivity index (χ1) is 13.6. The molecule has 0 saturated carbocycles. The van der Waals surface area contributed by atoms with E-state index < -0.39 is 0 Å². The first-order valence-corrected chi connectivity index (χ1v) is 8.71. The van der Waals surface area contributed by atoms with Crippen LogP contribution in [-0.2, 0) is 11.3 Å². The van der Waals surface area contributed by atoms with Crippen LogP contribution >= 0.6 is 0 Å². The summed E-state index contributed by atoms with van der Waals surface area (Å²) < 4.78 is 6.94. The molecule has 0 aliphatic heterocycles. The molecule has 8 nitrogen and oxygen atoms in total. The Morgan fingerprint density at radius 3 is 2.79 bits per heavy atom. The van der Waals surface area contributed by atoms with Crippen molar-refractivity contribution in [2.45, 2.75) is 20.4 Å². The van der Waals surface area contributed by atoms with Crippen LogP contribution in [0.15, 0.2) is 59.8 Å². The smallest absolute Gasteiger partial charge is 0.259 e. The molecule has 1 N–H and O–H groups in total. The first-order valence-electron chi connectivity index (χ1n) is 8.71. The lowest BCUT2D eigenvalue weighted by Crippen LogP contribution is -2.18. The van der Waals surface area contributed by atoms with Crippen molar-refractivity contribution in [3.63, 3.8) is 0 Å². The van der Waals surface area contributed by atoms with Gasteiger partial charge in [-0.2, -0.15) is 4.98 Å². The van der Waals surface area contributed by atoms with Gasteiger partial charge in [-0.15, -0.1) is 0 Å². The van der Waals surface area contributed by atoms with Crippen molar-refractivity contribution in [1.29, 1.82) is 0 Å². The van der Waals surface area contributed by atoms with Gasteiger partial charge in [0.15, 0.2) is 0 Å². The summed E-state index contributed by atoms with van der Waals surface area (Å²) >= 11 is 0. The van der Waals surface area contributed by atoms with E-state index in [4.69, 9.17) is 4.52 Å². The van der Waals surface area contributed by atoms with Crippen molar-refractivity contribution in [2.24, 2.45) is 0 Å². The molecule has 0 radical (unpaired) electrons. The van der Waals surface area contributed by atoms with Crippen LogP contribution in [0.25, 0.3) is 23.0 Å². The van der Waals surface area contributed by atoms with E-state index in [-0.39, 0.29) is 12.5 Å². The zero-order valence-electron chi connectivity index (χ0n) is 15.5. The van der Waals surface area contributed by atoms with E-state index in [2.05, 4.69) is 31.5 Å². The third-order valence-electron chi connectivity index (χ3n) is 4.03. The predicted molar refractivity (Wildman–Crippen MR) is 103 cm³/mol. The van der Waals surface area contributed by atoms with Gasteiger partial charge in [0.05, 0.1) is 11.9 Å². The molecule has 0 unspecified atom stereocenters. The molecule has 0 spiro atoms. The van der Waals surface area contributed by atoms with Crippen molar-refractivity contribution in [3.05, 3.63) is 66.4 Å². The second-order valence-electron chi connectivity index (χ2n) is 6.52. The zero-order valence-corrected chi connectivity index (χ0v) is 15.5. The molecule has 3 heterocycles. The topological polar surface area (TPSA) is 98.7 Å². The Balaban J connectivity index is 1.44. The van der Waals surface area contributed by atoms with E-state index in [0.717, 1.165) is 22.4 Å². The van der Waals surface area contributed by atoms with Crippen molar-refractivity contribution in [2.75, 3.05) is 5.32 Å². The number of aryl methyl sites for hydroxylation is 2. The van der Waals surface area contributed by atoms with E-state index in [0.29, 0.717) is 17.4 Å². The summed E-state index contributed by atoms with van der Waals surface area (Å²) in [7, 11) is 0. The SMILES string of the molecule is Cc1cc(C)cc(NC(=O)Cn2cnc(-c3noc(-c4cccnc4)n3)c2)c1. The highest BCUT2D eigenvalue weighted by Crippen LogP contribution is 2.20. The molecule has 0 saturated heterocycles. The summed E-state index contributed by atoms with van der Waals surface area (Å²) in [5.74, 6) is 0.579. The van der Waals surface area contributed by atoms with Crippen molar-refractivity contribution in [3.8, 4) is 23.0 Å². The first kappa shape index (κ1) is 17.6. The number of anilines is 1. The van der Waals surface area contributed by atoms with E-state index in [9.17, 15) is 4.79 Å². The molecule has 8 heteroatoms. The van der Waals surface area contributed by atoms with Gasteiger partial charge in [-0.25, -0.2) is 4.98 Å². The van der Waals surface area contributed by atoms with Crippen molar-refractivity contribution < 1.29 is 9.32 Å². The largest absolute Gasteiger partial charge is 0.333 e. The number of amides is 1. The lowest BCUT2D eigenvalue weighted by Gasteiger charge is -2.07. The minimum Gasteiger partial charge on any atom is -0.333 e. The average Bonchev–Trinajstić information content (AvgIpc) is 3.31. The lowest BCUT2D eigenvalue weighted by molar-refractivity contribution is -0.116. The molecule has 0 aliphatic rings. The third kappa shape index (κ3) is 3.96. The van der Waals surface area contributed by atoms with Crippen LogP contribution in [-0.4, -0.2) is 30.6 Å². The summed E-state index contributed by atoms with van der Waals surface area (Å²) in [6.07, 6.45) is 6.59. The van der Waals surface area contributed by atoms with Gasteiger partial charge in [0, 0.05) is 24.3 Å². The van der Waals surface area contributed by atoms with E-state index >= 15 is 0 Å². The summed E-state index contributed by atoms with van der Waals surface area (Å²) in [6, 6.07) is 9.55. The molecular formula is C20H18N6O2. The normalized spacial score (nSPS) is 10.8. The number of nitrogens with zero attached hydrogens (tertiary/aromatic N) is 5. The maximum atomic E-state index is 12.3. The van der Waals surface area contributed by atoms with Crippen LogP contribution in [0.5, 0.6) is 0 Å². The van der Waals surface area contributed by atoms with Crippen molar-refractivity contribution >= 4 is 11.6 Å². The Hall–Kier alpha value is -3.81. The number of nitrogens with one attached hydrogen (secondary N) is 1. The van der Waals surface area contributed by atoms with Gasteiger partial charge >= 0.3 is 0 Å². The molecule has 1 aromatic carbocycles. The van der Waals surface area contributed by atoms with E-state index in [1.165, 1.54) is 0 Å². The minimum atomic E-state index is -0.141. The molecule has 140 valence electrons. The average molecular weight is 374 g/mol. The number of carbonyl (C=O) groups excluding carboxylic acids is 1. The Labute approximate surface area is 161 Å². The highest BCUT2D eigenvalue weighted by molar-refractivity contribution is 5.90. The van der Waals surface area contributed by atoms with Crippen LogP contribution < -0.4 is 5.32 Å². The number of benzene rings is 1.